The molecule has 2 aromatic rings. The van der Waals surface area contributed by atoms with Crippen LogP contribution in [0.4, 0.5) is 0 Å². The molecule has 1 unspecified atom stereocenters. The van der Waals surface area contributed by atoms with E-state index in [1.54, 1.807) is 48.4 Å². The van der Waals surface area contributed by atoms with E-state index in [4.69, 9.17) is 5.73 Å². The van der Waals surface area contributed by atoms with Gasteiger partial charge < -0.3 is 5.73 Å². The van der Waals surface area contributed by atoms with Gasteiger partial charge in [0.05, 0.1) is 4.90 Å². The highest BCUT2D eigenvalue weighted by atomic mass is 32.2. The van der Waals surface area contributed by atoms with Crippen LogP contribution < -0.4 is 5.73 Å². The summed E-state index contributed by atoms with van der Waals surface area (Å²) in [5, 5.41) is 0.104. The van der Waals surface area contributed by atoms with E-state index >= 15 is 0 Å². The van der Waals surface area contributed by atoms with E-state index in [1.165, 1.54) is 6.26 Å². The Morgan fingerprint density at radius 1 is 1.25 bits per heavy atom. The van der Waals surface area contributed by atoms with Crippen LogP contribution in [0.3, 0.4) is 0 Å². The molecule has 1 atom stereocenters. The van der Waals surface area contributed by atoms with E-state index in [-0.39, 0.29) is 5.25 Å². The molecule has 0 radical (unpaired) electrons. The van der Waals surface area contributed by atoms with Gasteiger partial charge in [-0.05, 0) is 35.9 Å². The topological polar surface area (TPSA) is 73.0 Å². The lowest BCUT2D eigenvalue weighted by molar-refractivity contribution is 0.602. The molecule has 0 fully saturated rings. The number of sulfone groups is 1. The number of thioether (sulfide) groups is 1. The van der Waals surface area contributed by atoms with Crippen molar-refractivity contribution in [2.75, 3.05) is 12.8 Å². The SMILES string of the molecule is CS(=O)(=O)c1ccc(SC(CN)c2cccnc2)cc1. The van der Waals surface area contributed by atoms with Gasteiger partial charge in [0.2, 0.25) is 0 Å². The standard InChI is InChI=1S/C14H16N2O2S2/c1-20(17,18)13-6-4-12(5-7-13)19-14(9-15)11-3-2-8-16-10-11/h2-8,10,14H,9,15H2,1H3. The second-order valence-corrected chi connectivity index (χ2v) is 7.66. The third-order valence-electron chi connectivity index (χ3n) is 2.80. The summed E-state index contributed by atoms with van der Waals surface area (Å²) in [5.41, 5.74) is 6.87. The van der Waals surface area contributed by atoms with Crippen molar-refractivity contribution in [3.8, 4) is 0 Å². The largest absolute Gasteiger partial charge is 0.329 e. The van der Waals surface area contributed by atoms with Crippen molar-refractivity contribution in [2.45, 2.75) is 15.0 Å². The van der Waals surface area contributed by atoms with Crippen molar-refractivity contribution in [3.05, 3.63) is 54.4 Å². The van der Waals surface area contributed by atoms with Gasteiger partial charge in [0, 0.05) is 35.3 Å². The number of aromatic nitrogens is 1. The van der Waals surface area contributed by atoms with Crippen LogP contribution >= 0.6 is 11.8 Å². The number of nitrogens with two attached hydrogens (primary N) is 1. The number of hydrogen-bond acceptors (Lipinski definition) is 5. The number of pyridine rings is 1. The maximum Gasteiger partial charge on any atom is 0.175 e. The van der Waals surface area contributed by atoms with Crippen molar-refractivity contribution in [1.82, 2.24) is 4.98 Å². The fourth-order valence-electron chi connectivity index (χ4n) is 1.75. The highest BCUT2D eigenvalue weighted by Gasteiger charge is 2.12. The van der Waals surface area contributed by atoms with Crippen LogP contribution in [0.5, 0.6) is 0 Å². The zero-order chi connectivity index (χ0) is 14.6. The molecule has 0 bridgehead atoms. The van der Waals surface area contributed by atoms with E-state index in [0.29, 0.717) is 11.4 Å². The lowest BCUT2D eigenvalue weighted by Gasteiger charge is -2.14. The highest BCUT2D eigenvalue weighted by Crippen LogP contribution is 2.34. The quantitative estimate of drug-likeness (QED) is 0.858. The van der Waals surface area contributed by atoms with Gasteiger partial charge in [-0.2, -0.15) is 0 Å². The summed E-state index contributed by atoms with van der Waals surface area (Å²) in [4.78, 5) is 5.40. The first-order chi connectivity index (χ1) is 9.50. The van der Waals surface area contributed by atoms with Gasteiger partial charge in [-0.1, -0.05) is 6.07 Å². The smallest absolute Gasteiger partial charge is 0.175 e. The fraction of sp³-hybridized carbons (Fsp3) is 0.214. The molecule has 106 valence electrons. The highest BCUT2D eigenvalue weighted by molar-refractivity contribution is 7.99. The normalized spacial score (nSPS) is 13.1. The number of benzene rings is 1. The van der Waals surface area contributed by atoms with Gasteiger partial charge in [-0.15, -0.1) is 11.8 Å². The molecular formula is C14H16N2O2S2. The van der Waals surface area contributed by atoms with Gasteiger partial charge in [0.1, 0.15) is 0 Å². The molecule has 0 saturated carbocycles. The van der Waals surface area contributed by atoms with E-state index < -0.39 is 9.84 Å². The van der Waals surface area contributed by atoms with Crippen molar-refractivity contribution in [1.29, 1.82) is 0 Å². The molecule has 0 aliphatic heterocycles. The molecule has 0 saturated heterocycles. The maximum atomic E-state index is 11.4. The van der Waals surface area contributed by atoms with Crippen LogP contribution in [-0.2, 0) is 9.84 Å². The van der Waals surface area contributed by atoms with Gasteiger partial charge >= 0.3 is 0 Å². The summed E-state index contributed by atoms with van der Waals surface area (Å²) in [7, 11) is -3.15. The van der Waals surface area contributed by atoms with Gasteiger partial charge in [0.25, 0.3) is 0 Å². The lowest BCUT2D eigenvalue weighted by Crippen LogP contribution is -2.09. The van der Waals surface area contributed by atoms with Crippen LogP contribution in [0.25, 0.3) is 0 Å². The zero-order valence-corrected chi connectivity index (χ0v) is 12.7. The molecule has 2 N–H and O–H groups in total. The lowest BCUT2D eigenvalue weighted by atomic mass is 10.2. The van der Waals surface area contributed by atoms with Crippen molar-refractivity contribution < 1.29 is 8.42 Å². The minimum Gasteiger partial charge on any atom is -0.329 e. The second kappa shape index (κ2) is 6.39. The van der Waals surface area contributed by atoms with E-state index in [1.807, 2.05) is 12.1 Å². The summed E-state index contributed by atoms with van der Waals surface area (Å²) in [6, 6.07) is 10.7. The molecule has 1 heterocycles. The Balaban J connectivity index is 2.17. The molecule has 0 aliphatic carbocycles. The first kappa shape index (κ1) is 15.0. The summed E-state index contributed by atoms with van der Waals surface area (Å²) >= 11 is 1.60. The fourth-order valence-corrected chi connectivity index (χ4v) is 3.37. The van der Waals surface area contributed by atoms with Crippen LogP contribution in [0.1, 0.15) is 10.8 Å². The first-order valence-electron chi connectivity index (χ1n) is 6.07. The van der Waals surface area contributed by atoms with Gasteiger partial charge in [0.15, 0.2) is 9.84 Å². The van der Waals surface area contributed by atoms with Crippen LogP contribution in [0.15, 0.2) is 58.6 Å². The first-order valence-corrected chi connectivity index (χ1v) is 8.84. The summed E-state index contributed by atoms with van der Waals surface area (Å²) < 4.78 is 22.8. The minimum atomic E-state index is -3.15. The molecule has 1 aromatic heterocycles. The van der Waals surface area contributed by atoms with Crippen LogP contribution in [0, 0.1) is 0 Å². The Hall–Kier alpha value is -1.37. The van der Waals surface area contributed by atoms with Crippen molar-refractivity contribution in [2.24, 2.45) is 5.73 Å². The van der Waals surface area contributed by atoms with E-state index in [0.717, 1.165) is 10.5 Å². The third-order valence-corrected chi connectivity index (χ3v) is 5.22. The van der Waals surface area contributed by atoms with Crippen molar-refractivity contribution >= 4 is 21.6 Å². The Morgan fingerprint density at radius 3 is 2.45 bits per heavy atom. The van der Waals surface area contributed by atoms with Crippen LogP contribution in [0.2, 0.25) is 0 Å². The molecule has 1 aromatic carbocycles. The Morgan fingerprint density at radius 2 is 1.95 bits per heavy atom. The molecule has 6 heteroatoms. The van der Waals surface area contributed by atoms with Gasteiger partial charge in [-0.3, -0.25) is 4.98 Å². The number of hydrogen-bond donors (Lipinski definition) is 1. The average Bonchev–Trinajstić information content (AvgIpc) is 2.45. The monoisotopic (exact) mass is 308 g/mol. The van der Waals surface area contributed by atoms with E-state index in [2.05, 4.69) is 4.98 Å². The zero-order valence-electron chi connectivity index (χ0n) is 11.1. The predicted molar refractivity (Wildman–Crippen MR) is 81.4 cm³/mol. The predicted octanol–water partition coefficient (Wildman–Crippen LogP) is 2.28. The summed E-state index contributed by atoms with van der Waals surface area (Å²) in [5.74, 6) is 0. The molecule has 0 spiro atoms. The second-order valence-electron chi connectivity index (χ2n) is 4.37. The number of rotatable bonds is 5. The molecule has 0 amide bonds. The average molecular weight is 308 g/mol. The van der Waals surface area contributed by atoms with E-state index in [9.17, 15) is 8.42 Å². The molecule has 20 heavy (non-hydrogen) atoms. The Kier molecular flexibility index (Phi) is 4.80. The summed E-state index contributed by atoms with van der Waals surface area (Å²) in [6.07, 6.45) is 4.73. The minimum absolute atomic E-state index is 0.104. The number of nitrogens with zero attached hydrogens (tertiary/aromatic N) is 1. The Bertz CT molecular complexity index is 655. The Labute approximate surface area is 123 Å². The molecular weight excluding hydrogens is 292 g/mol. The maximum absolute atomic E-state index is 11.4. The summed E-state index contributed by atoms with van der Waals surface area (Å²) in [6.45, 7) is 0.490. The van der Waals surface area contributed by atoms with Crippen LogP contribution in [-0.4, -0.2) is 26.2 Å². The third kappa shape index (κ3) is 3.82. The molecule has 2 rings (SSSR count). The molecule has 4 nitrogen and oxygen atoms in total. The van der Waals surface area contributed by atoms with Gasteiger partial charge in [-0.25, -0.2) is 8.42 Å². The van der Waals surface area contributed by atoms with Crippen molar-refractivity contribution in [3.63, 3.8) is 0 Å². The molecule has 0 aliphatic rings.